The highest BCUT2D eigenvalue weighted by Crippen LogP contribution is 2.45. The predicted molar refractivity (Wildman–Crippen MR) is 159 cm³/mol. The molecule has 0 saturated carbocycles. The van der Waals surface area contributed by atoms with Gasteiger partial charge in [-0.05, 0) is 97.9 Å². The van der Waals surface area contributed by atoms with E-state index in [1.807, 2.05) is 59.5 Å². The number of unbranched alkanes of at least 4 members (excludes halogenated alkanes) is 1. The highest BCUT2D eigenvalue weighted by Gasteiger charge is 2.42. The van der Waals surface area contributed by atoms with Gasteiger partial charge in [-0.15, -0.1) is 0 Å². The molecular formula is C34H43FN2O3. The van der Waals surface area contributed by atoms with E-state index >= 15 is 4.39 Å². The number of halogens is 1. The molecule has 1 heterocycles. The molecule has 0 spiro atoms. The van der Waals surface area contributed by atoms with Crippen LogP contribution in [0.2, 0.25) is 0 Å². The number of aryl methyl sites for hydroxylation is 1. The number of benzene rings is 3. The molecule has 4 rings (SSSR count). The summed E-state index contributed by atoms with van der Waals surface area (Å²) in [7, 11) is 1.68. The topological polar surface area (TPSA) is 75.8 Å². The molecule has 3 aromatic carbocycles. The van der Waals surface area contributed by atoms with Crippen LogP contribution in [0.5, 0.6) is 0 Å². The van der Waals surface area contributed by atoms with E-state index in [-0.39, 0.29) is 17.6 Å². The maximum atomic E-state index is 15.6. The first kappa shape index (κ1) is 29.9. The lowest BCUT2D eigenvalue weighted by atomic mass is 9.71. The van der Waals surface area contributed by atoms with Gasteiger partial charge in [0.25, 0.3) is 5.91 Å². The van der Waals surface area contributed by atoms with Gasteiger partial charge in [-0.2, -0.15) is 0 Å². The third-order valence-corrected chi connectivity index (χ3v) is 8.35. The molecular weight excluding hydrogens is 503 g/mol. The lowest BCUT2D eigenvalue weighted by Crippen LogP contribution is -2.45. The first-order valence-electron chi connectivity index (χ1n) is 14.6. The molecule has 40 heavy (non-hydrogen) atoms. The Hall–Kier alpha value is -3.06. The van der Waals surface area contributed by atoms with E-state index in [1.54, 1.807) is 13.2 Å². The molecule has 3 N–H and O–H groups in total. The number of rotatable bonds is 12. The van der Waals surface area contributed by atoms with Crippen molar-refractivity contribution in [1.82, 2.24) is 4.90 Å². The average Bonchev–Trinajstić information content (AvgIpc) is 2.99. The fourth-order valence-electron chi connectivity index (χ4n) is 6.05. The van der Waals surface area contributed by atoms with Gasteiger partial charge in [-0.1, -0.05) is 55.5 Å². The summed E-state index contributed by atoms with van der Waals surface area (Å²) in [4.78, 5) is 15.1. The summed E-state index contributed by atoms with van der Waals surface area (Å²) in [6.07, 6.45) is 4.98. The smallest absolute Gasteiger partial charge is 0.253 e. The highest BCUT2D eigenvalue weighted by atomic mass is 19.1. The number of hydrogen-bond acceptors (Lipinski definition) is 4. The Morgan fingerprint density at radius 2 is 1.77 bits per heavy atom. The summed E-state index contributed by atoms with van der Waals surface area (Å²) in [6.45, 7) is 4.36. The van der Waals surface area contributed by atoms with Crippen molar-refractivity contribution in [2.24, 2.45) is 11.7 Å². The van der Waals surface area contributed by atoms with Crippen molar-refractivity contribution in [3.05, 3.63) is 94.8 Å². The standard InChI is InChI=1S/C34H43FN2O3/c1-3-25-8-6-9-28(24-25)32-30(10-7-11-31(32)35)34(39,19-4-5-23-40-2)29-17-21-37(22-18-29)33(38)27-14-12-26(13-15-27)16-20-36/h6-15,24,29,39H,3-5,16-23,36H2,1-2H3. The van der Waals surface area contributed by atoms with Crippen LogP contribution in [0.25, 0.3) is 11.1 Å². The van der Waals surface area contributed by atoms with E-state index in [0.717, 1.165) is 42.4 Å². The van der Waals surface area contributed by atoms with Gasteiger partial charge in [0.1, 0.15) is 5.82 Å². The summed E-state index contributed by atoms with van der Waals surface area (Å²) >= 11 is 0. The Bertz CT molecular complexity index is 1250. The Labute approximate surface area is 238 Å². The average molecular weight is 547 g/mol. The Morgan fingerprint density at radius 3 is 2.45 bits per heavy atom. The van der Waals surface area contributed by atoms with E-state index in [9.17, 15) is 9.90 Å². The first-order valence-corrected chi connectivity index (χ1v) is 14.6. The van der Waals surface area contributed by atoms with E-state index in [0.29, 0.717) is 62.2 Å². The zero-order valence-corrected chi connectivity index (χ0v) is 23.9. The lowest BCUT2D eigenvalue weighted by molar-refractivity contribution is -0.0551. The van der Waals surface area contributed by atoms with Crippen LogP contribution in [0.1, 0.15) is 66.1 Å². The number of carbonyl (C=O) groups excluding carboxylic acids is 1. The molecule has 3 aromatic rings. The quantitative estimate of drug-likeness (QED) is 0.269. The second-order valence-electron chi connectivity index (χ2n) is 10.9. The molecule has 0 aromatic heterocycles. The molecule has 5 nitrogen and oxygen atoms in total. The van der Waals surface area contributed by atoms with E-state index < -0.39 is 5.60 Å². The lowest BCUT2D eigenvalue weighted by Gasteiger charge is -2.43. The van der Waals surface area contributed by atoms with Crippen molar-refractivity contribution in [2.45, 2.75) is 57.5 Å². The monoisotopic (exact) mass is 546 g/mol. The first-order chi connectivity index (χ1) is 19.4. The maximum Gasteiger partial charge on any atom is 0.253 e. The van der Waals surface area contributed by atoms with Crippen LogP contribution in [-0.4, -0.2) is 49.3 Å². The van der Waals surface area contributed by atoms with Crippen LogP contribution < -0.4 is 5.73 Å². The highest BCUT2D eigenvalue weighted by molar-refractivity contribution is 5.94. The molecule has 6 heteroatoms. The third kappa shape index (κ3) is 6.80. The molecule has 1 saturated heterocycles. The summed E-state index contributed by atoms with van der Waals surface area (Å²) in [5.41, 5.74) is 9.22. The van der Waals surface area contributed by atoms with Gasteiger partial charge < -0.3 is 20.5 Å². The minimum absolute atomic E-state index is 0.00390. The summed E-state index contributed by atoms with van der Waals surface area (Å²) < 4.78 is 20.8. The fourth-order valence-corrected chi connectivity index (χ4v) is 6.05. The number of hydrogen-bond donors (Lipinski definition) is 2. The van der Waals surface area contributed by atoms with Crippen LogP contribution >= 0.6 is 0 Å². The van der Waals surface area contributed by atoms with Gasteiger partial charge in [-0.25, -0.2) is 4.39 Å². The Balaban J connectivity index is 1.60. The van der Waals surface area contributed by atoms with Gasteiger partial charge in [0.2, 0.25) is 0 Å². The molecule has 1 aliphatic heterocycles. The minimum Gasteiger partial charge on any atom is -0.385 e. The van der Waals surface area contributed by atoms with Crippen molar-refractivity contribution < 1.29 is 19.0 Å². The van der Waals surface area contributed by atoms with Crippen molar-refractivity contribution in [3.8, 4) is 11.1 Å². The summed E-state index contributed by atoms with van der Waals surface area (Å²) in [6, 6.07) is 20.7. The molecule has 0 radical (unpaired) electrons. The number of carbonyl (C=O) groups is 1. The van der Waals surface area contributed by atoms with Crippen molar-refractivity contribution in [1.29, 1.82) is 0 Å². The van der Waals surface area contributed by atoms with Gasteiger partial charge in [0.05, 0.1) is 5.60 Å². The summed E-state index contributed by atoms with van der Waals surface area (Å²) in [5, 5.41) is 12.5. The van der Waals surface area contributed by atoms with Crippen molar-refractivity contribution in [2.75, 3.05) is 33.4 Å². The van der Waals surface area contributed by atoms with E-state index in [2.05, 4.69) is 6.92 Å². The Morgan fingerprint density at radius 1 is 1.05 bits per heavy atom. The molecule has 0 aliphatic carbocycles. The van der Waals surface area contributed by atoms with Crippen LogP contribution in [0.4, 0.5) is 4.39 Å². The predicted octanol–water partition coefficient (Wildman–Crippen LogP) is 6.11. The van der Waals surface area contributed by atoms with Crippen LogP contribution in [-0.2, 0) is 23.2 Å². The molecule has 1 amide bonds. The van der Waals surface area contributed by atoms with Gasteiger partial charge >= 0.3 is 0 Å². The minimum atomic E-state index is -1.23. The van der Waals surface area contributed by atoms with Gasteiger partial charge in [-0.3, -0.25) is 4.79 Å². The number of amides is 1. The second-order valence-corrected chi connectivity index (χ2v) is 10.9. The largest absolute Gasteiger partial charge is 0.385 e. The SMILES string of the molecule is CCc1cccc(-c2c(F)cccc2C(O)(CCCCOC)C2CCN(C(=O)c3ccc(CCN)cc3)CC2)c1. The molecule has 1 aliphatic rings. The molecule has 1 unspecified atom stereocenters. The Kier molecular flexibility index (Phi) is 10.5. The molecule has 1 atom stereocenters. The number of likely N-dealkylation sites (tertiary alicyclic amines) is 1. The van der Waals surface area contributed by atoms with Crippen molar-refractivity contribution in [3.63, 3.8) is 0 Å². The third-order valence-electron chi connectivity index (χ3n) is 8.35. The normalized spacial score (nSPS) is 15.7. The molecule has 214 valence electrons. The number of piperidine rings is 1. The van der Waals surface area contributed by atoms with E-state index in [1.165, 1.54) is 6.07 Å². The van der Waals surface area contributed by atoms with Gasteiger partial charge in [0, 0.05) is 37.9 Å². The molecule has 0 bridgehead atoms. The molecule has 1 fully saturated rings. The summed E-state index contributed by atoms with van der Waals surface area (Å²) in [5.74, 6) is -0.433. The number of methoxy groups -OCH3 is 1. The second kappa shape index (κ2) is 14.0. The number of ether oxygens (including phenoxy) is 1. The van der Waals surface area contributed by atoms with E-state index in [4.69, 9.17) is 10.5 Å². The van der Waals surface area contributed by atoms with Crippen molar-refractivity contribution >= 4 is 5.91 Å². The zero-order valence-electron chi connectivity index (χ0n) is 23.9. The zero-order chi connectivity index (χ0) is 28.5. The number of nitrogens with two attached hydrogens (primary N) is 1. The van der Waals surface area contributed by atoms with Crippen LogP contribution in [0, 0.1) is 11.7 Å². The van der Waals surface area contributed by atoms with Crippen LogP contribution in [0.3, 0.4) is 0 Å². The van der Waals surface area contributed by atoms with Crippen LogP contribution in [0.15, 0.2) is 66.7 Å². The maximum absolute atomic E-state index is 15.6. The number of nitrogens with zero attached hydrogens (tertiary/aromatic N) is 1. The fraction of sp³-hybridized carbons (Fsp3) is 0.441. The van der Waals surface area contributed by atoms with Gasteiger partial charge in [0.15, 0.2) is 0 Å². The number of aliphatic hydroxyl groups is 1.